The molecule has 0 bridgehead atoms. The molecule has 0 unspecified atom stereocenters. The quantitative estimate of drug-likeness (QED) is 0.778. The summed E-state index contributed by atoms with van der Waals surface area (Å²) in [6.07, 6.45) is 3.84. The van der Waals surface area contributed by atoms with Crippen molar-refractivity contribution < 1.29 is 14.3 Å². The predicted octanol–water partition coefficient (Wildman–Crippen LogP) is 1.01. The number of anilines is 1. The number of methoxy groups -OCH3 is 1. The molecule has 0 spiro atoms. The van der Waals surface area contributed by atoms with Crippen LogP contribution in [0, 0.1) is 0 Å². The van der Waals surface area contributed by atoms with E-state index < -0.39 is 0 Å². The van der Waals surface area contributed by atoms with Crippen LogP contribution in [-0.4, -0.2) is 65.4 Å². The van der Waals surface area contributed by atoms with Crippen molar-refractivity contribution >= 4 is 18.1 Å². The van der Waals surface area contributed by atoms with Gasteiger partial charge in [-0.05, 0) is 17.7 Å². The monoisotopic (exact) mass is 355 g/mol. The van der Waals surface area contributed by atoms with E-state index in [0.717, 1.165) is 17.7 Å². The van der Waals surface area contributed by atoms with Crippen molar-refractivity contribution in [3.05, 3.63) is 47.9 Å². The predicted molar refractivity (Wildman–Crippen MR) is 95.9 cm³/mol. The molecule has 1 aliphatic heterocycles. The molecule has 1 saturated heterocycles. The smallest absolute Gasteiger partial charge is 0.274 e. The number of nitrogens with zero attached hydrogens (tertiary/aromatic N) is 4. The van der Waals surface area contributed by atoms with Crippen LogP contribution in [0.15, 0.2) is 36.7 Å². The molecular formula is C18H21N5O3. The van der Waals surface area contributed by atoms with Gasteiger partial charge in [0.05, 0.1) is 19.5 Å². The number of amides is 2. The highest BCUT2D eigenvalue weighted by molar-refractivity contribution is 5.92. The van der Waals surface area contributed by atoms with E-state index in [1.807, 2.05) is 24.3 Å². The maximum absolute atomic E-state index is 12.4. The second-order valence-electron chi connectivity index (χ2n) is 5.92. The van der Waals surface area contributed by atoms with E-state index in [1.54, 1.807) is 23.1 Å². The van der Waals surface area contributed by atoms with E-state index in [2.05, 4.69) is 15.3 Å². The highest BCUT2D eigenvalue weighted by Crippen LogP contribution is 2.13. The zero-order chi connectivity index (χ0) is 18.4. The third-order valence-electron chi connectivity index (χ3n) is 4.25. The summed E-state index contributed by atoms with van der Waals surface area (Å²) in [5.74, 6) is 1.25. The summed E-state index contributed by atoms with van der Waals surface area (Å²) in [4.78, 5) is 35.0. The average Bonchev–Trinajstić information content (AvgIpc) is 2.72. The van der Waals surface area contributed by atoms with Crippen LogP contribution in [0.2, 0.25) is 0 Å². The molecule has 2 amide bonds. The van der Waals surface area contributed by atoms with Gasteiger partial charge in [0.25, 0.3) is 5.91 Å². The maximum atomic E-state index is 12.4. The minimum absolute atomic E-state index is 0.162. The summed E-state index contributed by atoms with van der Waals surface area (Å²) in [6.45, 7) is 2.71. The van der Waals surface area contributed by atoms with Crippen molar-refractivity contribution in [2.24, 2.45) is 0 Å². The largest absolute Gasteiger partial charge is 0.497 e. The number of nitrogens with one attached hydrogen (secondary N) is 1. The molecule has 0 atom stereocenters. The zero-order valence-corrected chi connectivity index (χ0v) is 14.6. The van der Waals surface area contributed by atoms with E-state index in [-0.39, 0.29) is 5.91 Å². The Morgan fingerprint density at radius 1 is 1.15 bits per heavy atom. The van der Waals surface area contributed by atoms with Crippen LogP contribution >= 0.6 is 0 Å². The number of carbonyl (C=O) groups is 2. The fourth-order valence-corrected chi connectivity index (χ4v) is 2.66. The van der Waals surface area contributed by atoms with E-state index in [4.69, 9.17) is 4.74 Å². The van der Waals surface area contributed by atoms with E-state index >= 15 is 0 Å². The van der Waals surface area contributed by atoms with Crippen molar-refractivity contribution in [1.29, 1.82) is 0 Å². The summed E-state index contributed by atoms with van der Waals surface area (Å²) >= 11 is 0. The van der Waals surface area contributed by atoms with Crippen LogP contribution in [0.1, 0.15) is 16.1 Å². The molecule has 3 rings (SSSR count). The van der Waals surface area contributed by atoms with Gasteiger partial charge in [-0.3, -0.25) is 9.59 Å². The summed E-state index contributed by atoms with van der Waals surface area (Å²) in [6, 6.07) is 7.73. The molecule has 8 heteroatoms. The van der Waals surface area contributed by atoms with Gasteiger partial charge in [0.2, 0.25) is 6.41 Å². The van der Waals surface area contributed by atoms with Crippen molar-refractivity contribution in [1.82, 2.24) is 19.8 Å². The molecular weight excluding hydrogens is 334 g/mol. The minimum atomic E-state index is -0.162. The van der Waals surface area contributed by atoms with E-state index in [1.165, 1.54) is 6.20 Å². The number of rotatable bonds is 6. The number of ether oxygens (including phenoxy) is 1. The van der Waals surface area contributed by atoms with Gasteiger partial charge >= 0.3 is 0 Å². The highest BCUT2D eigenvalue weighted by Gasteiger charge is 2.22. The second-order valence-corrected chi connectivity index (χ2v) is 5.92. The number of hydrogen-bond acceptors (Lipinski definition) is 6. The molecule has 0 saturated carbocycles. The van der Waals surface area contributed by atoms with Gasteiger partial charge in [0.15, 0.2) is 0 Å². The lowest BCUT2D eigenvalue weighted by Crippen LogP contribution is -2.48. The first-order valence-electron chi connectivity index (χ1n) is 8.37. The van der Waals surface area contributed by atoms with Gasteiger partial charge in [-0.25, -0.2) is 9.97 Å². The van der Waals surface area contributed by atoms with Gasteiger partial charge in [-0.15, -0.1) is 0 Å². The van der Waals surface area contributed by atoms with Gasteiger partial charge in [0, 0.05) is 32.7 Å². The SMILES string of the molecule is COc1ccc(CNc2cnc(C(=O)N3CCN(C=O)CC3)cn2)cc1. The fourth-order valence-electron chi connectivity index (χ4n) is 2.66. The van der Waals surface area contributed by atoms with Crippen LogP contribution in [0.5, 0.6) is 5.75 Å². The van der Waals surface area contributed by atoms with Gasteiger partial charge in [0.1, 0.15) is 17.3 Å². The Bertz CT molecular complexity index is 740. The Morgan fingerprint density at radius 2 is 1.88 bits per heavy atom. The summed E-state index contributed by atoms with van der Waals surface area (Å²) in [5.41, 5.74) is 1.39. The third kappa shape index (κ3) is 4.27. The van der Waals surface area contributed by atoms with Crippen molar-refractivity contribution in [3.8, 4) is 5.75 Å². The first kappa shape index (κ1) is 17.7. The molecule has 1 fully saturated rings. The number of aromatic nitrogens is 2. The van der Waals surface area contributed by atoms with Crippen LogP contribution in [0.4, 0.5) is 5.82 Å². The molecule has 2 aromatic rings. The van der Waals surface area contributed by atoms with Gasteiger partial charge < -0.3 is 19.9 Å². The summed E-state index contributed by atoms with van der Waals surface area (Å²) in [5, 5.41) is 3.17. The molecule has 1 aromatic heterocycles. The maximum Gasteiger partial charge on any atom is 0.274 e. The number of carbonyl (C=O) groups excluding carboxylic acids is 2. The summed E-state index contributed by atoms with van der Waals surface area (Å²) < 4.78 is 5.13. The van der Waals surface area contributed by atoms with Crippen molar-refractivity contribution in [2.45, 2.75) is 6.54 Å². The Labute approximate surface area is 151 Å². The molecule has 136 valence electrons. The topological polar surface area (TPSA) is 87.7 Å². The third-order valence-corrected chi connectivity index (χ3v) is 4.25. The van der Waals surface area contributed by atoms with Crippen molar-refractivity contribution in [3.63, 3.8) is 0 Å². The average molecular weight is 355 g/mol. The Kier molecular flexibility index (Phi) is 5.62. The van der Waals surface area contributed by atoms with Crippen molar-refractivity contribution in [2.75, 3.05) is 38.6 Å². The molecule has 1 N–H and O–H groups in total. The lowest BCUT2D eigenvalue weighted by Gasteiger charge is -2.32. The molecule has 8 nitrogen and oxygen atoms in total. The summed E-state index contributed by atoms with van der Waals surface area (Å²) in [7, 11) is 1.63. The first-order chi connectivity index (χ1) is 12.7. The molecule has 0 aliphatic carbocycles. The molecule has 0 radical (unpaired) electrons. The van der Waals surface area contributed by atoms with Gasteiger partial charge in [-0.2, -0.15) is 0 Å². The van der Waals surface area contributed by atoms with Crippen LogP contribution < -0.4 is 10.1 Å². The van der Waals surface area contributed by atoms with Gasteiger partial charge in [-0.1, -0.05) is 12.1 Å². The number of piperazine rings is 1. The fraction of sp³-hybridized carbons (Fsp3) is 0.333. The molecule has 1 aromatic carbocycles. The normalized spacial score (nSPS) is 14.0. The minimum Gasteiger partial charge on any atom is -0.497 e. The standard InChI is InChI=1S/C18H21N5O3/c1-26-15-4-2-14(3-5-15)10-20-17-12-19-16(11-21-17)18(25)23-8-6-22(13-24)7-9-23/h2-5,11-13H,6-10H2,1H3,(H,20,21). The molecule has 2 heterocycles. The van der Waals surface area contributed by atoms with Crippen LogP contribution in [-0.2, 0) is 11.3 Å². The Balaban J connectivity index is 1.54. The molecule has 26 heavy (non-hydrogen) atoms. The zero-order valence-electron chi connectivity index (χ0n) is 14.6. The Morgan fingerprint density at radius 3 is 2.46 bits per heavy atom. The highest BCUT2D eigenvalue weighted by atomic mass is 16.5. The lowest BCUT2D eigenvalue weighted by molar-refractivity contribution is -0.119. The number of benzene rings is 1. The van der Waals surface area contributed by atoms with E-state index in [0.29, 0.717) is 44.2 Å². The lowest BCUT2D eigenvalue weighted by atomic mass is 10.2. The molecule has 1 aliphatic rings. The van der Waals surface area contributed by atoms with Crippen LogP contribution in [0.25, 0.3) is 0 Å². The first-order valence-corrected chi connectivity index (χ1v) is 8.37. The van der Waals surface area contributed by atoms with Crippen LogP contribution in [0.3, 0.4) is 0 Å². The second kappa shape index (κ2) is 8.28. The Hall–Kier alpha value is -3.16. The van der Waals surface area contributed by atoms with E-state index in [9.17, 15) is 9.59 Å². The number of hydrogen-bond donors (Lipinski definition) is 1.